The summed E-state index contributed by atoms with van der Waals surface area (Å²) in [6.45, 7) is 5.71. The van der Waals surface area contributed by atoms with Crippen molar-refractivity contribution in [3.8, 4) is 6.07 Å². The van der Waals surface area contributed by atoms with Crippen LogP contribution in [0.4, 0.5) is 5.82 Å². The van der Waals surface area contributed by atoms with Gasteiger partial charge in [0.15, 0.2) is 11.6 Å². The van der Waals surface area contributed by atoms with Gasteiger partial charge in [-0.15, -0.1) is 15.3 Å². The maximum Gasteiger partial charge on any atom is 0.170 e. The first-order valence-electron chi connectivity index (χ1n) is 9.13. The van der Waals surface area contributed by atoms with Crippen molar-refractivity contribution in [1.29, 1.82) is 5.26 Å². The fourth-order valence-corrected chi connectivity index (χ4v) is 3.97. The molecule has 2 aliphatic heterocycles. The molecule has 0 amide bonds. The molecule has 0 bridgehead atoms. The van der Waals surface area contributed by atoms with Gasteiger partial charge >= 0.3 is 0 Å². The molecule has 2 aromatic heterocycles. The van der Waals surface area contributed by atoms with Crippen LogP contribution < -0.4 is 4.90 Å². The van der Waals surface area contributed by atoms with E-state index < -0.39 is 0 Å². The molecule has 2 aliphatic rings. The van der Waals surface area contributed by atoms with E-state index in [0.717, 1.165) is 55.3 Å². The molecule has 4 rings (SSSR count). The van der Waals surface area contributed by atoms with Crippen LogP contribution in [-0.2, 0) is 13.0 Å². The summed E-state index contributed by atoms with van der Waals surface area (Å²) in [7, 11) is 0. The minimum absolute atomic E-state index is 0.128. The Kier molecular flexibility index (Phi) is 4.12. The van der Waals surface area contributed by atoms with E-state index in [2.05, 4.69) is 35.9 Å². The number of hydrogen-bond donors (Lipinski definition) is 0. The zero-order valence-corrected chi connectivity index (χ0v) is 14.9. The molecule has 7 nitrogen and oxygen atoms in total. The van der Waals surface area contributed by atoms with E-state index in [0.29, 0.717) is 11.4 Å². The minimum atomic E-state index is 0.128. The smallest absolute Gasteiger partial charge is 0.170 e. The van der Waals surface area contributed by atoms with Crippen LogP contribution in [0.5, 0.6) is 0 Å². The van der Waals surface area contributed by atoms with Gasteiger partial charge in [0.05, 0.1) is 11.7 Å². The number of hydrogen-bond acceptors (Lipinski definition) is 6. The third-order valence-electron chi connectivity index (χ3n) is 5.51. The first-order chi connectivity index (χ1) is 12.2. The second kappa shape index (κ2) is 6.43. The Balaban J connectivity index is 1.75. The SMILES string of the molecule is Cc1nnc(N2CCC[C@@H]2c2nnc3n2CCCCC3)c(C#N)c1C. The Morgan fingerprint density at radius 3 is 2.72 bits per heavy atom. The lowest BCUT2D eigenvalue weighted by Gasteiger charge is -2.26. The van der Waals surface area contributed by atoms with Crippen molar-refractivity contribution < 1.29 is 0 Å². The van der Waals surface area contributed by atoms with Crippen molar-refractivity contribution in [3.63, 3.8) is 0 Å². The van der Waals surface area contributed by atoms with Crippen molar-refractivity contribution in [2.45, 2.75) is 65.0 Å². The van der Waals surface area contributed by atoms with Gasteiger partial charge in [-0.25, -0.2) is 0 Å². The van der Waals surface area contributed by atoms with Crippen LogP contribution >= 0.6 is 0 Å². The topological polar surface area (TPSA) is 83.5 Å². The van der Waals surface area contributed by atoms with Gasteiger partial charge in [0, 0.05) is 19.5 Å². The molecule has 2 aromatic rings. The van der Waals surface area contributed by atoms with E-state index >= 15 is 0 Å². The second-order valence-electron chi connectivity index (χ2n) is 7.01. The number of aromatic nitrogens is 5. The van der Waals surface area contributed by atoms with Crippen LogP contribution in [0.2, 0.25) is 0 Å². The molecular weight excluding hydrogens is 314 g/mol. The lowest BCUT2D eigenvalue weighted by Crippen LogP contribution is -2.28. The predicted octanol–water partition coefficient (Wildman–Crippen LogP) is 2.62. The first-order valence-corrected chi connectivity index (χ1v) is 9.13. The number of anilines is 1. The van der Waals surface area contributed by atoms with Gasteiger partial charge in [-0.05, 0) is 45.1 Å². The van der Waals surface area contributed by atoms with Gasteiger partial charge in [0.1, 0.15) is 17.5 Å². The molecule has 25 heavy (non-hydrogen) atoms. The van der Waals surface area contributed by atoms with Crippen LogP contribution in [0.1, 0.15) is 66.6 Å². The second-order valence-corrected chi connectivity index (χ2v) is 7.01. The third-order valence-corrected chi connectivity index (χ3v) is 5.51. The van der Waals surface area contributed by atoms with Crippen molar-refractivity contribution in [1.82, 2.24) is 25.0 Å². The van der Waals surface area contributed by atoms with E-state index in [1.807, 2.05) is 13.8 Å². The molecule has 130 valence electrons. The van der Waals surface area contributed by atoms with E-state index in [4.69, 9.17) is 0 Å². The molecule has 0 saturated carbocycles. The molecular formula is C18H23N7. The van der Waals surface area contributed by atoms with E-state index in [1.165, 1.54) is 19.3 Å². The van der Waals surface area contributed by atoms with Crippen LogP contribution in [0.3, 0.4) is 0 Å². The molecule has 4 heterocycles. The summed E-state index contributed by atoms with van der Waals surface area (Å²) in [6, 6.07) is 2.46. The summed E-state index contributed by atoms with van der Waals surface area (Å²) < 4.78 is 2.30. The Labute approximate surface area is 147 Å². The minimum Gasteiger partial charge on any atom is -0.344 e. The molecule has 0 N–H and O–H groups in total. The molecule has 7 heteroatoms. The Morgan fingerprint density at radius 1 is 1.00 bits per heavy atom. The average Bonchev–Trinajstić information content (AvgIpc) is 3.18. The molecule has 1 atom stereocenters. The molecule has 1 saturated heterocycles. The van der Waals surface area contributed by atoms with Gasteiger partial charge < -0.3 is 9.47 Å². The van der Waals surface area contributed by atoms with Crippen molar-refractivity contribution in [2.75, 3.05) is 11.4 Å². The fourth-order valence-electron chi connectivity index (χ4n) is 3.97. The van der Waals surface area contributed by atoms with Crippen molar-refractivity contribution in [2.24, 2.45) is 0 Å². The highest BCUT2D eigenvalue weighted by Crippen LogP contribution is 2.37. The summed E-state index contributed by atoms with van der Waals surface area (Å²) in [5.74, 6) is 2.82. The van der Waals surface area contributed by atoms with Crippen molar-refractivity contribution >= 4 is 5.82 Å². The zero-order chi connectivity index (χ0) is 17.4. The average molecular weight is 337 g/mol. The highest BCUT2D eigenvalue weighted by molar-refractivity contribution is 5.58. The lowest BCUT2D eigenvalue weighted by atomic mass is 10.1. The number of fused-ring (bicyclic) bond motifs is 1. The van der Waals surface area contributed by atoms with Gasteiger partial charge in [-0.3, -0.25) is 0 Å². The van der Waals surface area contributed by atoms with Crippen molar-refractivity contribution in [3.05, 3.63) is 28.5 Å². The molecule has 0 unspecified atom stereocenters. The summed E-state index contributed by atoms with van der Waals surface area (Å²) in [6.07, 6.45) is 6.69. The third kappa shape index (κ3) is 2.66. The van der Waals surface area contributed by atoms with Gasteiger partial charge in [0.2, 0.25) is 0 Å². The van der Waals surface area contributed by atoms with E-state index in [-0.39, 0.29) is 6.04 Å². The summed E-state index contributed by atoms with van der Waals surface area (Å²) in [5, 5.41) is 27.3. The van der Waals surface area contributed by atoms with E-state index in [9.17, 15) is 5.26 Å². The number of rotatable bonds is 2. The van der Waals surface area contributed by atoms with Gasteiger partial charge in [0.25, 0.3) is 0 Å². The summed E-state index contributed by atoms with van der Waals surface area (Å²) in [4.78, 5) is 2.21. The maximum absolute atomic E-state index is 9.65. The zero-order valence-electron chi connectivity index (χ0n) is 14.9. The quantitative estimate of drug-likeness (QED) is 0.837. The summed E-state index contributed by atoms with van der Waals surface area (Å²) >= 11 is 0. The molecule has 0 aliphatic carbocycles. The van der Waals surface area contributed by atoms with Crippen LogP contribution in [0.15, 0.2) is 0 Å². The molecule has 0 spiro atoms. The number of nitriles is 1. The normalized spacial score (nSPS) is 20.2. The molecule has 0 aromatic carbocycles. The standard InChI is InChI=1S/C18H23N7/c1-12-13(2)20-22-17(14(12)11-19)24-10-6-7-15(24)18-23-21-16-8-4-3-5-9-25(16)18/h15H,3-10H2,1-2H3/t15-/m1/s1. The largest absolute Gasteiger partial charge is 0.344 e. The number of nitrogens with zero attached hydrogens (tertiary/aromatic N) is 7. The van der Waals surface area contributed by atoms with Gasteiger partial charge in [-0.2, -0.15) is 10.4 Å². The maximum atomic E-state index is 9.65. The summed E-state index contributed by atoms with van der Waals surface area (Å²) in [5.41, 5.74) is 2.36. The monoisotopic (exact) mass is 337 g/mol. The van der Waals surface area contributed by atoms with E-state index in [1.54, 1.807) is 0 Å². The fraction of sp³-hybridized carbons (Fsp3) is 0.611. The number of aryl methyl sites for hydroxylation is 2. The predicted molar refractivity (Wildman–Crippen MR) is 93.1 cm³/mol. The Hall–Kier alpha value is -2.49. The molecule has 0 radical (unpaired) electrons. The molecule has 1 fully saturated rings. The van der Waals surface area contributed by atoms with Gasteiger partial charge in [-0.1, -0.05) is 6.42 Å². The highest BCUT2D eigenvalue weighted by Gasteiger charge is 2.34. The van der Waals surface area contributed by atoms with Crippen LogP contribution in [0, 0.1) is 25.2 Å². The highest BCUT2D eigenvalue weighted by atomic mass is 15.4. The Bertz CT molecular complexity index is 833. The van der Waals surface area contributed by atoms with Crippen LogP contribution in [0.25, 0.3) is 0 Å². The Morgan fingerprint density at radius 2 is 1.88 bits per heavy atom. The van der Waals surface area contributed by atoms with Crippen LogP contribution in [-0.4, -0.2) is 31.5 Å². The lowest BCUT2D eigenvalue weighted by molar-refractivity contribution is 0.557. The first kappa shape index (κ1) is 16.0.